The van der Waals surface area contributed by atoms with Crippen LogP contribution in [0.1, 0.15) is 5.69 Å². The van der Waals surface area contributed by atoms with E-state index in [0.717, 1.165) is 16.7 Å². The predicted octanol–water partition coefficient (Wildman–Crippen LogP) is 2.10. The van der Waals surface area contributed by atoms with Crippen molar-refractivity contribution >= 4 is 38.6 Å². The SMILES string of the molecule is Br.O=c1ccn2cc(CBr)[nH]c2c1. The smallest absolute Gasteiger partial charge is 0.183 e. The van der Waals surface area contributed by atoms with Crippen LogP contribution in [0.3, 0.4) is 0 Å². The van der Waals surface area contributed by atoms with E-state index in [4.69, 9.17) is 0 Å². The number of pyridine rings is 1. The highest BCUT2D eigenvalue weighted by Gasteiger charge is 1.96. The molecule has 1 N–H and O–H groups in total. The second-order valence-electron chi connectivity index (χ2n) is 2.57. The topological polar surface area (TPSA) is 37.3 Å². The van der Waals surface area contributed by atoms with Crippen molar-refractivity contribution in [2.24, 2.45) is 0 Å². The van der Waals surface area contributed by atoms with E-state index in [1.54, 1.807) is 18.3 Å². The molecule has 0 saturated heterocycles. The second kappa shape index (κ2) is 4.11. The van der Waals surface area contributed by atoms with E-state index in [1.165, 1.54) is 0 Å². The van der Waals surface area contributed by atoms with E-state index in [0.29, 0.717) is 0 Å². The van der Waals surface area contributed by atoms with Gasteiger partial charge < -0.3 is 9.38 Å². The Morgan fingerprint density at radius 2 is 2.31 bits per heavy atom. The summed E-state index contributed by atoms with van der Waals surface area (Å²) in [5.74, 6) is 0. The van der Waals surface area contributed by atoms with Crippen molar-refractivity contribution in [2.45, 2.75) is 5.33 Å². The van der Waals surface area contributed by atoms with Gasteiger partial charge in [0, 0.05) is 35.6 Å². The number of H-pyrrole nitrogens is 1. The van der Waals surface area contributed by atoms with Gasteiger partial charge in [0.05, 0.1) is 0 Å². The molecule has 0 aliphatic heterocycles. The zero-order valence-electron chi connectivity index (χ0n) is 6.66. The summed E-state index contributed by atoms with van der Waals surface area (Å²) in [4.78, 5) is 14.0. The van der Waals surface area contributed by atoms with Gasteiger partial charge in [0.2, 0.25) is 0 Å². The van der Waals surface area contributed by atoms with Crippen LogP contribution >= 0.6 is 32.9 Å². The lowest BCUT2D eigenvalue weighted by atomic mass is 10.5. The summed E-state index contributed by atoms with van der Waals surface area (Å²) in [6.07, 6.45) is 3.70. The molecule has 0 fully saturated rings. The molecule has 0 spiro atoms. The van der Waals surface area contributed by atoms with E-state index in [2.05, 4.69) is 20.9 Å². The Kier molecular flexibility index (Phi) is 3.33. The minimum Gasteiger partial charge on any atom is -0.343 e. The van der Waals surface area contributed by atoms with Gasteiger partial charge in [0.15, 0.2) is 5.43 Å². The van der Waals surface area contributed by atoms with Gasteiger partial charge in [-0.3, -0.25) is 4.79 Å². The summed E-state index contributed by atoms with van der Waals surface area (Å²) in [5, 5.41) is 0.767. The molecular weight excluding hydrogens is 300 g/mol. The van der Waals surface area contributed by atoms with E-state index in [1.807, 2.05) is 10.6 Å². The number of nitrogens with one attached hydrogen (secondary N) is 1. The first-order chi connectivity index (χ1) is 5.79. The molecule has 2 rings (SSSR count). The average molecular weight is 308 g/mol. The quantitative estimate of drug-likeness (QED) is 0.805. The molecule has 0 amide bonds. The van der Waals surface area contributed by atoms with Gasteiger partial charge in [-0.1, -0.05) is 15.9 Å². The zero-order chi connectivity index (χ0) is 8.55. The Morgan fingerprint density at radius 3 is 3.00 bits per heavy atom. The maximum absolute atomic E-state index is 10.9. The number of aromatic amines is 1. The molecule has 0 saturated carbocycles. The molecule has 0 aromatic carbocycles. The summed E-state index contributed by atoms with van der Waals surface area (Å²) < 4.78 is 1.89. The van der Waals surface area contributed by atoms with Crippen LogP contribution in [0.5, 0.6) is 0 Å². The third-order valence-electron chi connectivity index (χ3n) is 1.68. The minimum absolute atomic E-state index is 0. The summed E-state index contributed by atoms with van der Waals surface area (Å²) in [7, 11) is 0. The zero-order valence-corrected chi connectivity index (χ0v) is 9.96. The van der Waals surface area contributed by atoms with Crippen LogP contribution in [-0.4, -0.2) is 9.38 Å². The number of aromatic nitrogens is 2. The fourth-order valence-corrected chi connectivity index (χ4v) is 1.42. The van der Waals surface area contributed by atoms with Crippen molar-refractivity contribution in [1.29, 1.82) is 0 Å². The normalized spacial score (nSPS) is 9.92. The van der Waals surface area contributed by atoms with Gasteiger partial charge in [-0.25, -0.2) is 0 Å². The lowest BCUT2D eigenvalue weighted by Gasteiger charge is -1.87. The largest absolute Gasteiger partial charge is 0.343 e. The standard InChI is InChI=1S/C8H7BrN2O.BrH/c9-4-6-5-11-2-1-7(12)3-8(11)10-6;/h1-3,5,10H,4H2;1H. The van der Waals surface area contributed by atoms with Gasteiger partial charge in [-0.2, -0.15) is 0 Å². The lowest BCUT2D eigenvalue weighted by Crippen LogP contribution is -1.97. The monoisotopic (exact) mass is 306 g/mol. The first kappa shape index (κ1) is 10.5. The minimum atomic E-state index is 0. The first-order valence-electron chi connectivity index (χ1n) is 3.55. The highest BCUT2D eigenvalue weighted by molar-refractivity contribution is 9.08. The highest BCUT2D eigenvalue weighted by atomic mass is 79.9. The molecule has 0 unspecified atom stereocenters. The van der Waals surface area contributed by atoms with Gasteiger partial charge in [-0.05, 0) is 0 Å². The van der Waals surface area contributed by atoms with Crippen molar-refractivity contribution < 1.29 is 0 Å². The molecule has 2 aromatic heterocycles. The molecule has 5 heteroatoms. The highest BCUT2D eigenvalue weighted by Crippen LogP contribution is 2.05. The Bertz CT molecular complexity index is 460. The summed E-state index contributed by atoms with van der Waals surface area (Å²) in [6, 6.07) is 3.12. The maximum Gasteiger partial charge on any atom is 0.183 e. The van der Waals surface area contributed by atoms with Crippen molar-refractivity contribution in [1.82, 2.24) is 9.38 Å². The Balaban J connectivity index is 0.000000845. The van der Waals surface area contributed by atoms with Gasteiger partial charge in [0.25, 0.3) is 0 Å². The molecule has 70 valence electrons. The van der Waals surface area contributed by atoms with Crippen LogP contribution in [0.25, 0.3) is 5.65 Å². The van der Waals surface area contributed by atoms with Crippen molar-refractivity contribution in [3.63, 3.8) is 0 Å². The van der Waals surface area contributed by atoms with Gasteiger partial charge in [-0.15, -0.1) is 17.0 Å². The third-order valence-corrected chi connectivity index (χ3v) is 2.29. The van der Waals surface area contributed by atoms with E-state index in [-0.39, 0.29) is 22.4 Å². The predicted molar refractivity (Wildman–Crippen MR) is 61.0 cm³/mol. The van der Waals surface area contributed by atoms with Gasteiger partial charge in [0.1, 0.15) is 5.65 Å². The number of hydrogen-bond donors (Lipinski definition) is 1. The Labute approximate surface area is 93.7 Å². The summed E-state index contributed by atoms with van der Waals surface area (Å²) in [5.41, 5.74) is 1.91. The average Bonchev–Trinajstić information content (AvgIpc) is 2.46. The molecule has 0 aliphatic rings. The second-order valence-corrected chi connectivity index (χ2v) is 3.13. The van der Waals surface area contributed by atoms with E-state index >= 15 is 0 Å². The number of fused-ring (bicyclic) bond motifs is 1. The number of rotatable bonds is 1. The fourth-order valence-electron chi connectivity index (χ4n) is 1.14. The number of halogens is 2. The van der Waals surface area contributed by atoms with Crippen LogP contribution in [0.15, 0.2) is 29.3 Å². The van der Waals surface area contributed by atoms with E-state index in [9.17, 15) is 4.79 Å². The molecule has 0 bridgehead atoms. The molecule has 3 nitrogen and oxygen atoms in total. The van der Waals surface area contributed by atoms with E-state index < -0.39 is 0 Å². The van der Waals surface area contributed by atoms with Crippen LogP contribution < -0.4 is 5.43 Å². The lowest BCUT2D eigenvalue weighted by molar-refractivity contribution is 1.17. The maximum atomic E-state index is 10.9. The Morgan fingerprint density at radius 1 is 1.54 bits per heavy atom. The fraction of sp³-hybridized carbons (Fsp3) is 0.125. The van der Waals surface area contributed by atoms with Crippen LogP contribution in [0.2, 0.25) is 0 Å². The molecule has 0 atom stereocenters. The van der Waals surface area contributed by atoms with Crippen LogP contribution in [0.4, 0.5) is 0 Å². The third kappa shape index (κ3) is 2.03. The van der Waals surface area contributed by atoms with Crippen molar-refractivity contribution in [2.75, 3.05) is 0 Å². The molecule has 0 aliphatic carbocycles. The molecule has 13 heavy (non-hydrogen) atoms. The van der Waals surface area contributed by atoms with Crippen molar-refractivity contribution in [3.8, 4) is 0 Å². The number of alkyl halides is 1. The molecule has 2 heterocycles. The summed E-state index contributed by atoms with van der Waals surface area (Å²) in [6.45, 7) is 0. The molecule has 0 radical (unpaired) electrons. The van der Waals surface area contributed by atoms with Crippen LogP contribution in [-0.2, 0) is 5.33 Å². The van der Waals surface area contributed by atoms with Crippen molar-refractivity contribution in [3.05, 3.63) is 40.4 Å². The molecular formula is C8H8Br2N2O. The summed E-state index contributed by atoms with van der Waals surface area (Å²) >= 11 is 3.33. The number of nitrogens with zero attached hydrogens (tertiary/aromatic N) is 1. The number of imidazole rings is 1. The number of hydrogen-bond acceptors (Lipinski definition) is 1. The molecule has 2 aromatic rings. The Hall–Kier alpha value is -0.550. The van der Waals surface area contributed by atoms with Crippen LogP contribution in [0, 0.1) is 0 Å². The van der Waals surface area contributed by atoms with Gasteiger partial charge >= 0.3 is 0 Å². The first-order valence-corrected chi connectivity index (χ1v) is 4.67.